The van der Waals surface area contributed by atoms with Gasteiger partial charge in [0, 0.05) is 31.7 Å². The summed E-state index contributed by atoms with van der Waals surface area (Å²) < 4.78 is 2.24. The van der Waals surface area contributed by atoms with E-state index in [0.29, 0.717) is 5.92 Å². The molecule has 2 saturated heterocycles. The third-order valence-electron chi connectivity index (χ3n) is 6.60. The van der Waals surface area contributed by atoms with E-state index in [1.807, 2.05) is 12.5 Å². The molecule has 1 aromatic carbocycles. The first-order chi connectivity index (χ1) is 12.8. The summed E-state index contributed by atoms with van der Waals surface area (Å²) >= 11 is 0. The molecule has 2 aromatic rings. The third kappa shape index (κ3) is 2.79. The Kier molecular flexibility index (Phi) is 4.31. The fraction of sp³-hybridized carbons (Fsp3) is 0.571. The Morgan fingerprint density at radius 3 is 2.58 bits per heavy atom. The van der Waals surface area contributed by atoms with Gasteiger partial charge < -0.3 is 9.67 Å². The van der Waals surface area contributed by atoms with Gasteiger partial charge in [0.25, 0.3) is 0 Å². The third-order valence-corrected chi connectivity index (χ3v) is 6.60. The van der Waals surface area contributed by atoms with Crippen LogP contribution in [0.1, 0.15) is 43.7 Å². The molecule has 5 rings (SSSR count). The molecule has 26 heavy (non-hydrogen) atoms. The highest BCUT2D eigenvalue weighted by Gasteiger charge is 2.34. The van der Waals surface area contributed by atoms with Crippen molar-refractivity contribution >= 4 is 0 Å². The number of nitrogens with zero attached hydrogens (tertiary/aromatic N) is 4. The predicted molar refractivity (Wildman–Crippen MR) is 102 cm³/mol. The zero-order valence-corrected chi connectivity index (χ0v) is 15.3. The molecule has 3 aliphatic rings. The van der Waals surface area contributed by atoms with Crippen LogP contribution in [0, 0.1) is 5.92 Å². The zero-order valence-electron chi connectivity index (χ0n) is 15.3. The molecule has 0 radical (unpaired) electrons. The largest absolute Gasteiger partial charge is 0.393 e. The number of rotatable bonds is 4. The van der Waals surface area contributed by atoms with Crippen LogP contribution in [0.3, 0.4) is 0 Å². The number of hydrazine groups is 1. The Bertz CT molecular complexity index is 759. The highest BCUT2D eigenvalue weighted by molar-refractivity contribution is 5.68. The SMILES string of the molecule is O[C@@H](CC1c2ccccc2-c2cncn21)C1CCN(N2CCCC2)CC1. The lowest BCUT2D eigenvalue weighted by Gasteiger charge is -2.39. The van der Waals surface area contributed by atoms with Crippen molar-refractivity contribution < 1.29 is 5.11 Å². The van der Waals surface area contributed by atoms with Gasteiger partial charge in [-0.25, -0.2) is 15.0 Å². The van der Waals surface area contributed by atoms with Crippen molar-refractivity contribution in [3.05, 3.63) is 42.4 Å². The van der Waals surface area contributed by atoms with E-state index in [4.69, 9.17) is 0 Å². The van der Waals surface area contributed by atoms with Gasteiger partial charge in [0.1, 0.15) is 0 Å². The molecule has 1 unspecified atom stereocenters. The summed E-state index contributed by atoms with van der Waals surface area (Å²) in [6.07, 6.45) is 9.26. The first kappa shape index (κ1) is 16.5. The van der Waals surface area contributed by atoms with Crippen molar-refractivity contribution in [3.8, 4) is 11.3 Å². The highest BCUT2D eigenvalue weighted by Crippen LogP contribution is 2.42. The van der Waals surface area contributed by atoms with Crippen LogP contribution in [-0.4, -0.2) is 57.0 Å². The van der Waals surface area contributed by atoms with Gasteiger partial charge in [0.05, 0.1) is 30.4 Å². The molecule has 2 atom stereocenters. The second kappa shape index (κ2) is 6.80. The van der Waals surface area contributed by atoms with Crippen molar-refractivity contribution in [2.45, 2.75) is 44.2 Å². The summed E-state index contributed by atoms with van der Waals surface area (Å²) in [5, 5.41) is 16.1. The maximum Gasteiger partial charge on any atom is 0.0956 e. The predicted octanol–water partition coefficient (Wildman–Crippen LogP) is 2.93. The molecule has 138 valence electrons. The Morgan fingerprint density at radius 2 is 1.77 bits per heavy atom. The first-order valence-electron chi connectivity index (χ1n) is 10.1. The Morgan fingerprint density at radius 1 is 1.04 bits per heavy atom. The second-order valence-corrected chi connectivity index (χ2v) is 8.04. The maximum atomic E-state index is 11.0. The molecule has 4 heterocycles. The molecule has 1 N–H and O–H groups in total. The number of hydrogen-bond donors (Lipinski definition) is 1. The molecule has 5 nitrogen and oxygen atoms in total. The van der Waals surface area contributed by atoms with Gasteiger partial charge in [-0.2, -0.15) is 0 Å². The smallest absolute Gasteiger partial charge is 0.0956 e. The molecule has 0 spiro atoms. The molecule has 0 bridgehead atoms. The van der Waals surface area contributed by atoms with Crippen molar-refractivity contribution in [3.63, 3.8) is 0 Å². The second-order valence-electron chi connectivity index (χ2n) is 8.04. The van der Waals surface area contributed by atoms with E-state index < -0.39 is 0 Å². The highest BCUT2D eigenvalue weighted by atomic mass is 16.3. The first-order valence-corrected chi connectivity index (χ1v) is 10.1. The summed E-state index contributed by atoms with van der Waals surface area (Å²) in [6, 6.07) is 8.78. The van der Waals surface area contributed by atoms with Crippen LogP contribution in [0.2, 0.25) is 0 Å². The molecular formula is C21H28N4O. The fourth-order valence-corrected chi connectivity index (χ4v) is 5.13. The van der Waals surface area contributed by atoms with Crippen LogP contribution in [0.5, 0.6) is 0 Å². The monoisotopic (exact) mass is 352 g/mol. The van der Waals surface area contributed by atoms with Gasteiger partial charge in [-0.15, -0.1) is 0 Å². The van der Waals surface area contributed by atoms with Crippen molar-refractivity contribution in [1.82, 2.24) is 19.6 Å². The Labute approximate surface area is 155 Å². The summed E-state index contributed by atoms with van der Waals surface area (Å²) in [6.45, 7) is 4.63. The van der Waals surface area contributed by atoms with Gasteiger partial charge in [-0.3, -0.25) is 0 Å². The molecule has 3 aliphatic heterocycles. The van der Waals surface area contributed by atoms with Crippen LogP contribution < -0.4 is 0 Å². The van der Waals surface area contributed by atoms with Crippen LogP contribution in [0.15, 0.2) is 36.8 Å². The Balaban J connectivity index is 1.26. The van der Waals surface area contributed by atoms with Gasteiger partial charge in [0.15, 0.2) is 0 Å². The minimum Gasteiger partial charge on any atom is -0.393 e. The Hall–Kier alpha value is -1.69. The van der Waals surface area contributed by atoms with Crippen LogP contribution in [0.25, 0.3) is 11.3 Å². The zero-order chi connectivity index (χ0) is 17.5. The topological polar surface area (TPSA) is 44.5 Å². The lowest BCUT2D eigenvalue weighted by molar-refractivity contribution is -0.0504. The van der Waals surface area contributed by atoms with Crippen LogP contribution in [-0.2, 0) is 0 Å². The normalized spacial score (nSPS) is 25.3. The fourth-order valence-electron chi connectivity index (χ4n) is 5.13. The number of hydrogen-bond acceptors (Lipinski definition) is 4. The van der Waals surface area contributed by atoms with Gasteiger partial charge in [-0.1, -0.05) is 24.3 Å². The molecule has 5 heteroatoms. The van der Waals surface area contributed by atoms with Crippen LogP contribution in [0.4, 0.5) is 0 Å². The number of aliphatic hydroxyl groups is 1. The van der Waals surface area contributed by atoms with Gasteiger partial charge in [0.2, 0.25) is 0 Å². The number of imidazole rings is 1. The van der Waals surface area contributed by atoms with E-state index in [2.05, 4.69) is 43.8 Å². The lowest BCUT2D eigenvalue weighted by Crippen LogP contribution is -2.47. The lowest BCUT2D eigenvalue weighted by atomic mass is 9.87. The molecule has 0 amide bonds. The van der Waals surface area contributed by atoms with Gasteiger partial charge >= 0.3 is 0 Å². The number of fused-ring (bicyclic) bond motifs is 3. The maximum absolute atomic E-state index is 11.0. The number of piperidine rings is 1. The minimum atomic E-state index is -0.248. The summed E-state index contributed by atoms with van der Waals surface area (Å²) in [7, 11) is 0. The van der Waals surface area contributed by atoms with E-state index in [1.165, 1.54) is 42.8 Å². The molecule has 0 aliphatic carbocycles. The van der Waals surface area contributed by atoms with E-state index >= 15 is 0 Å². The number of aromatic nitrogens is 2. The van der Waals surface area contributed by atoms with Crippen molar-refractivity contribution in [1.29, 1.82) is 0 Å². The molecule has 1 aromatic heterocycles. The average Bonchev–Trinajstić information content (AvgIpc) is 3.41. The number of benzene rings is 1. The molecule has 2 fully saturated rings. The molecular weight excluding hydrogens is 324 g/mol. The van der Waals surface area contributed by atoms with Gasteiger partial charge in [-0.05, 0) is 43.6 Å². The van der Waals surface area contributed by atoms with E-state index in [1.54, 1.807) is 0 Å². The number of aliphatic hydroxyl groups excluding tert-OH is 1. The minimum absolute atomic E-state index is 0.218. The quantitative estimate of drug-likeness (QED) is 0.919. The average molecular weight is 352 g/mol. The van der Waals surface area contributed by atoms with Crippen LogP contribution >= 0.6 is 0 Å². The van der Waals surface area contributed by atoms with E-state index in [-0.39, 0.29) is 12.1 Å². The van der Waals surface area contributed by atoms with Crippen molar-refractivity contribution in [2.75, 3.05) is 26.2 Å². The molecule has 0 saturated carbocycles. The standard InChI is InChI=1S/C21H28N4O/c26-21(16-7-11-24(12-8-16)23-9-3-4-10-23)13-19-17-5-1-2-6-18(17)20-14-22-15-25(19)20/h1-2,5-6,14-16,19,21,26H,3-4,7-13H2/t19?,21-/m0/s1. The van der Waals surface area contributed by atoms with E-state index in [9.17, 15) is 5.11 Å². The summed E-state index contributed by atoms with van der Waals surface area (Å²) in [5.74, 6) is 0.411. The van der Waals surface area contributed by atoms with Crippen molar-refractivity contribution in [2.24, 2.45) is 5.92 Å². The van der Waals surface area contributed by atoms with E-state index in [0.717, 1.165) is 32.4 Å². The summed E-state index contributed by atoms with van der Waals surface area (Å²) in [5.41, 5.74) is 3.78. The summed E-state index contributed by atoms with van der Waals surface area (Å²) in [4.78, 5) is 4.34.